The lowest BCUT2D eigenvalue weighted by Gasteiger charge is -2.27. The third-order valence-electron chi connectivity index (χ3n) is 5.35. The van der Waals surface area contributed by atoms with Gasteiger partial charge < -0.3 is 0 Å². The molecule has 4 aromatic rings. The Morgan fingerprint density at radius 3 is 1.94 bits per heavy atom. The van der Waals surface area contributed by atoms with Gasteiger partial charge in [-0.15, -0.1) is 0 Å². The van der Waals surface area contributed by atoms with E-state index in [4.69, 9.17) is 0 Å². The number of anilines is 1. The molecular weight excluding hydrogens is 406 g/mol. The molecule has 0 bridgehead atoms. The number of benzene rings is 4. The monoisotopic (exact) mass is 421 g/mol. The first-order valence-corrected chi connectivity index (χ1v) is 9.82. The Balaban J connectivity index is 1.42. The molecule has 0 unspecified atom stereocenters. The van der Waals surface area contributed by atoms with Crippen molar-refractivity contribution in [2.75, 3.05) is 4.90 Å². The molecule has 7 nitrogen and oxygen atoms in total. The molecule has 0 fully saturated rings. The number of carbonyl (C=O) groups excluding carboxylic acids is 2. The molecule has 1 heterocycles. The topological polar surface area (TPSA) is 92.9 Å². The van der Waals surface area contributed by atoms with Gasteiger partial charge in [-0.05, 0) is 59.5 Å². The summed E-state index contributed by atoms with van der Waals surface area (Å²) in [5.41, 5.74) is 2.80. The van der Waals surface area contributed by atoms with E-state index in [1.54, 1.807) is 54.7 Å². The van der Waals surface area contributed by atoms with E-state index in [2.05, 4.69) is 4.99 Å². The van der Waals surface area contributed by atoms with Crippen LogP contribution in [-0.4, -0.2) is 23.0 Å². The smallest absolute Gasteiger partial charge is 0.268 e. The quantitative estimate of drug-likeness (QED) is 0.193. The highest BCUT2D eigenvalue weighted by atomic mass is 16.6. The fraction of sp³-hybridized carbons (Fsp3) is 0. The highest BCUT2D eigenvalue weighted by molar-refractivity contribution is 6.35. The first-order chi connectivity index (χ1) is 15.5. The molecule has 0 aromatic heterocycles. The molecule has 1 aliphatic heterocycles. The number of non-ortho nitro benzene ring substituents is 1. The predicted molar refractivity (Wildman–Crippen MR) is 122 cm³/mol. The average molecular weight is 421 g/mol. The van der Waals surface area contributed by atoms with Crippen LogP contribution in [0.25, 0.3) is 10.8 Å². The normalized spacial score (nSPS) is 13.2. The number of nitro benzene ring substituents is 1. The molecular formula is C25H15N3O4. The second kappa shape index (κ2) is 7.55. The maximum absolute atomic E-state index is 13.1. The zero-order valence-electron chi connectivity index (χ0n) is 16.6. The minimum atomic E-state index is -0.457. The lowest BCUT2D eigenvalue weighted by molar-refractivity contribution is -0.384. The van der Waals surface area contributed by atoms with E-state index in [9.17, 15) is 19.7 Å². The van der Waals surface area contributed by atoms with Gasteiger partial charge in [0.25, 0.3) is 17.5 Å². The maximum atomic E-state index is 13.1. The van der Waals surface area contributed by atoms with Crippen molar-refractivity contribution in [1.29, 1.82) is 0 Å². The zero-order valence-corrected chi connectivity index (χ0v) is 16.6. The van der Waals surface area contributed by atoms with Gasteiger partial charge in [0.1, 0.15) is 0 Å². The molecule has 154 valence electrons. The van der Waals surface area contributed by atoms with Crippen LogP contribution in [0.1, 0.15) is 26.3 Å². The van der Waals surface area contributed by atoms with Crippen molar-refractivity contribution in [2.24, 2.45) is 4.99 Å². The van der Waals surface area contributed by atoms with Crippen LogP contribution >= 0.6 is 0 Å². The summed E-state index contributed by atoms with van der Waals surface area (Å²) < 4.78 is 0. The van der Waals surface area contributed by atoms with Gasteiger partial charge in [0.05, 0.1) is 16.3 Å². The molecule has 1 aliphatic rings. The van der Waals surface area contributed by atoms with Crippen molar-refractivity contribution in [1.82, 2.24) is 0 Å². The number of carbonyl (C=O) groups is 2. The molecule has 0 saturated heterocycles. The largest absolute Gasteiger partial charge is 0.269 e. The Morgan fingerprint density at radius 1 is 0.781 bits per heavy atom. The third kappa shape index (κ3) is 3.22. The SMILES string of the molecule is O=C1c2cccc3cccc(c23)C(=O)N1c1ccc(N=Cc2ccc([N+](=O)[O-])cc2)cc1. The summed E-state index contributed by atoms with van der Waals surface area (Å²) in [5.74, 6) is -0.720. The molecule has 0 spiro atoms. The number of hydrogen-bond donors (Lipinski definition) is 0. The van der Waals surface area contributed by atoms with Crippen molar-refractivity contribution in [2.45, 2.75) is 0 Å². The highest BCUT2D eigenvalue weighted by Gasteiger charge is 2.33. The molecule has 0 N–H and O–H groups in total. The predicted octanol–water partition coefficient (Wildman–Crippen LogP) is 5.30. The van der Waals surface area contributed by atoms with Gasteiger partial charge in [0, 0.05) is 34.9 Å². The second-order valence-electron chi connectivity index (χ2n) is 7.28. The molecule has 7 heteroatoms. The van der Waals surface area contributed by atoms with E-state index < -0.39 is 4.92 Å². The average Bonchev–Trinajstić information content (AvgIpc) is 2.82. The summed E-state index contributed by atoms with van der Waals surface area (Å²) >= 11 is 0. The van der Waals surface area contributed by atoms with Crippen molar-refractivity contribution in [3.63, 3.8) is 0 Å². The van der Waals surface area contributed by atoms with Gasteiger partial charge in [0.2, 0.25) is 0 Å². The lowest BCUT2D eigenvalue weighted by Crippen LogP contribution is -2.40. The number of aliphatic imine (C=N–C) groups is 1. The summed E-state index contributed by atoms with van der Waals surface area (Å²) in [5, 5.41) is 12.3. The molecule has 4 aromatic carbocycles. The Hall–Kier alpha value is -4.65. The van der Waals surface area contributed by atoms with Crippen molar-refractivity contribution < 1.29 is 14.5 Å². The zero-order chi connectivity index (χ0) is 22.2. The molecule has 32 heavy (non-hydrogen) atoms. The Morgan fingerprint density at radius 2 is 1.38 bits per heavy atom. The maximum Gasteiger partial charge on any atom is 0.269 e. The Bertz CT molecular complexity index is 1370. The van der Waals surface area contributed by atoms with Crippen LogP contribution in [0.2, 0.25) is 0 Å². The van der Waals surface area contributed by atoms with Gasteiger partial charge in [-0.2, -0.15) is 0 Å². The van der Waals surface area contributed by atoms with Gasteiger partial charge >= 0.3 is 0 Å². The molecule has 0 aliphatic carbocycles. The Labute approximate surface area is 182 Å². The number of rotatable bonds is 4. The fourth-order valence-corrected chi connectivity index (χ4v) is 3.78. The van der Waals surface area contributed by atoms with Gasteiger partial charge in [-0.25, -0.2) is 4.90 Å². The minimum absolute atomic E-state index is 0.0136. The first-order valence-electron chi connectivity index (χ1n) is 9.82. The number of nitro groups is 1. The summed E-state index contributed by atoms with van der Waals surface area (Å²) in [6.45, 7) is 0. The van der Waals surface area contributed by atoms with E-state index in [-0.39, 0.29) is 17.5 Å². The minimum Gasteiger partial charge on any atom is -0.268 e. The number of amides is 2. The molecule has 5 rings (SSSR count). The highest BCUT2D eigenvalue weighted by Crippen LogP contribution is 2.33. The van der Waals surface area contributed by atoms with Crippen molar-refractivity contribution in [3.05, 3.63) is 112 Å². The second-order valence-corrected chi connectivity index (χ2v) is 7.28. The first kappa shape index (κ1) is 19.3. The summed E-state index contributed by atoms with van der Waals surface area (Å²) in [4.78, 5) is 42.1. The van der Waals surface area contributed by atoms with Crippen LogP contribution in [0.15, 0.2) is 89.9 Å². The molecule has 0 radical (unpaired) electrons. The summed E-state index contributed by atoms with van der Waals surface area (Å²) in [7, 11) is 0. The van der Waals surface area contributed by atoms with E-state index in [0.717, 1.165) is 5.39 Å². The number of nitrogens with zero attached hydrogens (tertiary/aromatic N) is 3. The number of imide groups is 1. The van der Waals surface area contributed by atoms with Crippen LogP contribution in [0.5, 0.6) is 0 Å². The number of hydrogen-bond acceptors (Lipinski definition) is 5. The van der Waals surface area contributed by atoms with E-state index >= 15 is 0 Å². The van der Waals surface area contributed by atoms with Gasteiger partial charge in [-0.1, -0.05) is 24.3 Å². The molecule has 0 saturated carbocycles. The molecule has 2 amide bonds. The van der Waals surface area contributed by atoms with Crippen LogP contribution in [-0.2, 0) is 0 Å². The van der Waals surface area contributed by atoms with Crippen LogP contribution < -0.4 is 4.90 Å². The lowest BCUT2D eigenvalue weighted by atomic mass is 9.94. The van der Waals surface area contributed by atoms with Crippen molar-refractivity contribution >= 4 is 45.9 Å². The van der Waals surface area contributed by atoms with Crippen LogP contribution in [0.3, 0.4) is 0 Å². The van der Waals surface area contributed by atoms with Gasteiger partial charge in [0.15, 0.2) is 0 Å². The van der Waals surface area contributed by atoms with Crippen molar-refractivity contribution in [3.8, 4) is 0 Å². The molecule has 0 atom stereocenters. The standard InChI is InChI=1S/C25H15N3O4/c29-24-21-5-1-3-17-4-2-6-22(23(17)21)25(30)27(24)19-13-9-18(10-14-19)26-15-16-7-11-20(12-8-16)28(31)32/h1-15H. The summed E-state index contributed by atoms with van der Waals surface area (Å²) in [6.07, 6.45) is 1.59. The summed E-state index contributed by atoms with van der Waals surface area (Å²) in [6, 6.07) is 23.7. The van der Waals surface area contributed by atoms with Crippen LogP contribution in [0, 0.1) is 10.1 Å². The van der Waals surface area contributed by atoms with E-state index in [1.165, 1.54) is 17.0 Å². The fourth-order valence-electron chi connectivity index (χ4n) is 3.78. The Kier molecular flexibility index (Phi) is 4.56. The third-order valence-corrected chi connectivity index (χ3v) is 5.35. The van der Waals surface area contributed by atoms with Crippen LogP contribution in [0.4, 0.5) is 17.1 Å². The van der Waals surface area contributed by atoms with Gasteiger partial charge in [-0.3, -0.25) is 24.7 Å². The van der Waals surface area contributed by atoms with E-state index in [0.29, 0.717) is 33.5 Å². The van der Waals surface area contributed by atoms with E-state index in [1.807, 2.05) is 24.3 Å².